The Hall–Kier alpha value is -1.80. The van der Waals surface area contributed by atoms with Crippen molar-refractivity contribution in [3.8, 4) is 12.1 Å². The van der Waals surface area contributed by atoms with Crippen LogP contribution in [0.1, 0.15) is 8.30 Å². The lowest BCUT2D eigenvalue weighted by Crippen LogP contribution is -1.97. The van der Waals surface area contributed by atoms with E-state index in [9.17, 15) is 0 Å². The first kappa shape index (κ1) is 5.80. The summed E-state index contributed by atoms with van der Waals surface area (Å²) in [6, 6.07) is 11.6. The zero-order valence-corrected chi connectivity index (χ0v) is 6.36. The minimum atomic E-state index is -2.03. The first-order chi connectivity index (χ1) is 6.64. The van der Waals surface area contributed by atoms with Gasteiger partial charge in [-0.2, -0.15) is 10.5 Å². The van der Waals surface area contributed by atoms with Crippen molar-refractivity contribution in [1.82, 2.24) is 0 Å². The maximum absolute atomic E-state index is 8.64. The van der Waals surface area contributed by atoms with Gasteiger partial charge >= 0.3 is 0 Å². The van der Waals surface area contributed by atoms with Crippen molar-refractivity contribution in [3.05, 3.63) is 35.9 Å². The maximum atomic E-state index is 8.64. The van der Waals surface area contributed by atoms with Crippen molar-refractivity contribution in [2.75, 3.05) is 0 Å². The Balaban J connectivity index is 3.04. The molecule has 0 aromatic heterocycles. The third kappa shape index (κ3) is 2.11. The summed E-state index contributed by atoms with van der Waals surface area (Å²) in [5, 5.41) is 17.3. The lowest BCUT2D eigenvalue weighted by atomic mass is 10.0. The second kappa shape index (κ2) is 4.16. The fourth-order valence-corrected chi connectivity index (χ4v) is 0.805. The maximum Gasteiger partial charge on any atom is 0.137 e. The van der Waals surface area contributed by atoms with Crippen molar-refractivity contribution in [2.24, 2.45) is 5.89 Å². The van der Waals surface area contributed by atoms with Gasteiger partial charge in [0.1, 0.15) is 5.89 Å². The van der Waals surface area contributed by atoms with Gasteiger partial charge in [0.25, 0.3) is 0 Å². The van der Waals surface area contributed by atoms with E-state index in [-0.39, 0.29) is 0 Å². The summed E-state index contributed by atoms with van der Waals surface area (Å²) in [7, 11) is 0. The topological polar surface area (TPSA) is 47.6 Å². The van der Waals surface area contributed by atoms with Crippen LogP contribution < -0.4 is 0 Å². The molecule has 0 fully saturated rings. The molecule has 0 radical (unpaired) electrons. The van der Waals surface area contributed by atoms with Crippen LogP contribution in [0.5, 0.6) is 0 Å². The molecule has 1 rings (SSSR count). The van der Waals surface area contributed by atoms with Gasteiger partial charge in [0, 0.05) is 7.77 Å². The highest BCUT2D eigenvalue weighted by Gasteiger charge is 2.04. The average Bonchev–Trinajstić information content (AvgIpc) is 2.28. The lowest BCUT2D eigenvalue weighted by molar-refractivity contribution is 0.834. The van der Waals surface area contributed by atoms with Crippen LogP contribution in [0.4, 0.5) is 0 Å². The number of rotatable bonds is 2. The largest absolute Gasteiger partial charge is 0.197 e. The highest BCUT2D eigenvalue weighted by molar-refractivity contribution is 5.18. The van der Waals surface area contributed by atoms with E-state index in [0.717, 1.165) is 0 Å². The molecule has 12 heavy (non-hydrogen) atoms. The van der Waals surface area contributed by atoms with E-state index in [1.807, 2.05) is 0 Å². The number of nitriles is 2. The normalized spacial score (nSPS) is 14.8. The molecule has 58 valence electrons. The average molecular weight is 158 g/mol. The van der Waals surface area contributed by atoms with Crippen LogP contribution in [0.15, 0.2) is 30.3 Å². The molecular weight excluding hydrogens is 148 g/mol. The number of benzene rings is 1. The summed E-state index contributed by atoms with van der Waals surface area (Å²) in [5.41, 5.74) is 0.505. The molecule has 2 nitrogen and oxygen atoms in total. The molecule has 0 saturated heterocycles. The Kier molecular flexibility index (Phi) is 2.01. The number of nitrogens with zero attached hydrogens (tertiary/aromatic N) is 2. The fourth-order valence-electron chi connectivity index (χ4n) is 0.805. The first-order valence-electron chi connectivity index (χ1n) is 4.51. The summed E-state index contributed by atoms with van der Waals surface area (Å²) < 4.78 is 15.1. The molecule has 1 aromatic carbocycles. The van der Waals surface area contributed by atoms with Crippen LogP contribution in [0, 0.1) is 28.6 Å². The monoisotopic (exact) mass is 158 g/mol. The molecule has 0 aliphatic rings. The van der Waals surface area contributed by atoms with Crippen LogP contribution in [-0.2, 0) is 6.40 Å². The minimum Gasteiger partial charge on any atom is -0.197 e. The summed E-state index contributed by atoms with van der Waals surface area (Å²) in [6.07, 6.45) is -1.15. The molecular formula is C10H8N2. The molecule has 0 spiro atoms. The molecule has 0 heterocycles. The third-order valence-electron chi connectivity index (χ3n) is 1.35. The Morgan fingerprint density at radius 1 is 1.33 bits per heavy atom. The van der Waals surface area contributed by atoms with Crippen LogP contribution in [0.3, 0.4) is 0 Å². The van der Waals surface area contributed by atoms with Crippen LogP contribution in [0.25, 0.3) is 0 Å². The van der Waals surface area contributed by atoms with Crippen LogP contribution in [0.2, 0.25) is 0 Å². The highest BCUT2D eigenvalue weighted by atomic mass is 14.3. The predicted molar refractivity (Wildman–Crippen MR) is 44.9 cm³/mol. The van der Waals surface area contributed by atoms with Gasteiger partial charge in [0.2, 0.25) is 0 Å². The molecule has 0 bridgehead atoms. The first-order valence-corrected chi connectivity index (χ1v) is 3.44. The molecule has 0 amide bonds. The van der Waals surface area contributed by atoms with Gasteiger partial charge in [-0.3, -0.25) is 0 Å². The lowest BCUT2D eigenvalue weighted by Gasteiger charge is -1.98. The summed E-state index contributed by atoms with van der Waals surface area (Å²) >= 11 is 0. The van der Waals surface area contributed by atoms with E-state index in [1.54, 1.807) is 42.5 Å². The quantitative estimate of drug-likeness (QED) is 0.659. The van der Waals surface area contributed by atoms with Crippen molar-refractivity contribution < 1.29 is 2.74 Å². The molecule has 1 aromatic rings. The summed E-state index contributed by atoms with van der Waals surface area (Å²) in [4.78, 5) is 0. The Labute approximate surface area is 74.5 Å². The van der Waals surface area contributed by atoms with E-state index < -0.39 is 12.3 Å². The Morgan fingerprint density at radius 2 is 1.92 bits per heavy atom. The van der Waals surface area contributed by atoms with E-state index in [0.29, 0.717) is 5.56 Å². The standard InChI is InChI=1S/C10H8N2/c11-7-10(8-12)6-9-4-2-1-3-5-9/h1-5,10H,6H2/i6D,10D. The summed E-state index contributed by atoms with van der Waals surface area (Å²) in [5.74, 6) is -2.03. The number of hydrogen-bond donors (Lipinski definition) is 0. The Morgan fingerprint density at radius 3 is 2.42 bits per heavy atom. The smallest absolute Gasteiger partial charge is 0.137 e. The van der Waals surface area contributed by atoms with E-state index >= 15 is 0 Å². The van der Waals surface area contributed by atoms with Gasteiger partial charge in [0.15, 0.2) is 0 Å². The van der Waals surface area contributed by atoms with Crippen LogP contribution in [-0.4, -0.2) is 0 Å². The molecule has 0 aliphatic heterocycles. The Bertz CT molecular complexity index is 375. The second-order valence-corrected chi connectivity index (χ2v) is 2.19. The molecule has 0 aliphatic carbocycles. The zero-order valence-electron chi connectivity index (χ0n) is 8.36. The van der Waals surface area contributed by atoms with Crippen molar-refractivity contribution in [1.29, 1.82) is 10.5 Å². The van der Waals surface area contributed by atoms with Crippen LogP contribution >= 0.6 is 0 Å². The van der Waals surface area contributed by atoms with Crippen molar-refractivity contribution in [3.63, 3.8) is 0 Å². The molecule has 0 N–H and O–H groups in total. The fraction of sp³-hybridized carbons (Fsp3) is 0.200. The molecule has 1 unspecified atom stereocenters. The molecule has 2 heteroatoms. The number of hydrogen-bond acceptors (Lipinski definition) is 2. The van der Waals surface area contributed by atoms with Gasteiger partial charge < -0.3 is 0 Å². The molecule has 0 saturated carbocycles. The van der Waals surface area contributed by atoms with Gasteiger partial charge in [-0.25, -0.2) is 0 Å². The van der Waals surface area contributed by atoms with Gasteiger partial charge in [-0.05, 0) is 5.56 Å². The second-order valence-electron chi connectivity index (χ2n) is 2.19. The highest BCUT2D eigenvalue weighted by Crippen LogP contribution is 2.06. The van der Waals surface area contributed by atoms with Gasteiger partial charge in [-0.1, -0.05) is 30.3 Å². The summed E-state index contributed by atoms with van der Waals surface area (Å²) in [6.45, 7) is 0. The third-order valence-corrected chi connectivity index (χ3v) is 1.35. The zero-order chi connectivity index (χ0) is 10.6. The van der Waals surface area contributed by atoms with E-state index in [2.05, 4.69) is 0 Å². The molecule has 1 atom stereocenters. The SMILES string of the molecule is [2H]C(c1ccccc1)C([2H])(C#N)C#N. The predicted octanol–water partition coefficient (Wildman–Crippen LogP) is 1.89. The van der Waals surface area contributed by atoms with Crippen molar-refractivity contribution in [2.45, 2.75) is 6.40 Å². The van der Waals surface area contributed by atoms with Crippen molar-refractivity contribution >= 4 is 0 Å². The van der Waals surface area contributed by atoms with Gasteiger partial charge in [0.05, 0.1) is 13.5 Å². The van der Waals surface area contributed by atoms with E-state index in [1.165, 1.54) is 0 Å². The van der Waals surface area contributed by atoms with Gasteiger partial charge in [-0.15, -0.1) is 0 Å². The van der Waals surface area contributed by atoms with E-state index in [4.69, 9.17) is 13.3 Å². The minimum absolute atomic E-state index is 0.505.